The molecule has 0 aliphatic rings. The van der Waals surface area contributed by atoms with Crippen LogP contribution in [0, 0.1) is 13.8 Å². The fraction of sp³-hybridized carbons (Fsp3) is 0.161. The number of aromatic nitrogens is 1. The van der Waals surface area contributed by atoms with Gasteiger partial charge in [-0.25, -0.2) is 4.98 Å². The molecule has 6 nitrogen and oxygen atoms in total. The molecule has 5 rings (SSSR count). The highest BCUT2D eigenvalue weighted by atomic mass is 79.9. The van der Waals surface area contributed by atoms with Crippen LogP contribution in [0.15, 0.2) is 83.3 Å². The fourth-order valence-electron chi connectivity index (χ4n) is 4.08. The number of carbonyl (C=O) groups excluding carboxylic acids is 1. The zero-order valence-corrected chi connectivity index (χ0v) is 24.3. The summed E-state index contributed by atoms with van der Waals surface area (Å²) in [5.41, 5.74) is 7.22. The summed E-state index contributed by atoms with van der Waals surface area (Å²) in [7, 11) is 1.58. The lowest BCUT2D eigenvalue weighted by atomic mass is 10.1. The first-order chi connectivity index (χ1) is 18.9. The topological polar surface area (TPSA) is 72.5 Å². The molecule has 1 aromatic heterocycles. The number of carbonyl (C=O) groups is 1. The van der Waals surface area contributed by atoms with Crippen LogP contribution in [0.3, 0.4) is 0 Å². The lowest BCUT2D eigenvalue weighted by Gasteiger charge is -2.15. The molecule has 5 aromatic rings. The number of thiazole rings is 1. The second kappa shape index (κ2) is 11.9. The van der Waals surface area contributed by atoms with E-state index < -0.39 is 0 Å². The number of hydrogen-bond donors (Lipinski definition) is 2. The number of halogens is 1. The minimum Gasteiger partial charge on any atom is -0.493 e. The molecule has 4 aromatic carbocycles. The average Bonchev–Trinajstić information content (AvgIpc) is 3.36. The number of amides is 1. The third kappa shape index (κ3) is 6.58. The summed E-state index contributed by atoms with van der Waals surface area (Å²) in [6.07, 6.45) is 0. The van der Waals surface area contributed by atoms with E-state index in [1.165, 1.54) is 10.3 Å². The Bertz CT molecular complexity index is 1620. The van der Waals surface area contributed by atoms with Crippen LogP contribution in [0.1, 0.15) is 16.7 Å². The second-order valence-electron chi connectivity index (χ2n) is 9.23. The number of rotatable bonds is 9. The van der Waals surface area contributed by atoms with Crippen LogP contribution in [0.5, 0.6) is 11.5 Å². The smallest absolute Gasteiger partial charge is 0.262 e. The van der Waals surface area contributed by atoms with Gasteiger partial charge in [-0.1, -0.05) is 23.8 Å². The third-order valence-corrected chi connectivity index (χ3v) is 7.80. The van der Waals surface area contributed by atoms with Gasteiger partial charge in [0.25, 0.3) is 5.91 Å². The summed E-state index contributed by atoms with van der Waals surface area (Å²) in [5.74, 6) is 0.782. The SMILES string of the molecule is COc1cc(CNc2ccc(-c3nc4ccc(C)cc4s3)cc2)cc(Br)c1OCC(=O)Nc1ccc(C)cc1. The molecule has 0 aliphatic heterocycles. The Morgan fingerprint density at radius 2 is 1.64 bits per heavy atom. The Morgan fingerprint density at radius 1 is 0.923 bits per heavy atom. The standard InChI is InChI=1S/C31H28BrN3O3S/c1-19-4-9-24(10-5-19)34-29(36)18-38-30-25(32)15-21(16-27(30)37-3)17-33-23-11-7-22(8-12-23)31-35-26-13-6-20(2)14-28(26)39-31/h4-16,33H,17-18H2,1-3H3,(H,34,36). The van der Waals surface area contributed by atoms with Gasteiger partial charge in [0, 0.05) is 23.5 Å². The van der Waals surface area contributed by atoms with Crippen molar-refractivity contribution in [2.75, 3.05) is 24.4 Å². The number of methoxy groups -OCH3 is 1. The molecule has 198 valence electrons. The third-order valence-electron chi connectivity index (χ3n) is 6.14. The van der Waals surface area contributed by atoms with Gasteiger partial charge in [-0.3, -0.25) is 4.79 Å². The van der Waals surface area contributed by atoms with Crippen molar-refractivity contribution >= 4 is 54.8 Å². The average molecular weight is 603 g/mol. The molecule has 0 spiro atoms. The van der Waals surface area contributed by atoms with Gasteiger partial charge >= 0.3 is 0 Å². The molecule has 0 radical (unpaired) electrons. The van der Waals surface area contributed by atoms with E-state index >= 15 is 0 Å². The molecular weight excluding hydrogens is 574 g/mol. The molecule has 2 N–H and O–H groups in total. The van der Waals surface area contributed by atoms with Gasteiger partial charge in [-0.05, 0) is 102 Å². The van der Waals surface area contributed by atoms with E-state index in [0.29, 0.717) is 22.5 Å². The number of hydrogen-bond acceptors (Lipinski definition) is 6. The number of ether oxygens (including phenoxy) is 2. The molecule has 0 aliphatic carbocycles. The van der Waals surface area contributed by atoms with Gasteiger partial charge in [0.05, 0.1) is 21.8 Å². The van der Waals surface area contributed by atoms with Gasteiger partial charge < -0.3 is 20.1 Å². The van der Waals surface area contributed by atoms with E-state index in [-0.39, 0.29) is 12.5 Å². The van der Waals surface area contributed by atoms with Crippen LogP contribution in [0.2, 0.25) is 0 Å². The van der Waals surface area contributed by atoms with Crippen LogP contribution < -0.4 is 20.1 Å². The minimum atomic E-state index is -0.247. The van der Waals surface area contributed by atoms with Crippen molar-refractivity contribution in [3.8, 4) is 22.1 Å². The molecular formula is C31H28BrN3O3S. The lowest BCUT2D eigenvalue weighted by Crippen LogP contribution is -2.20. The summed E-state index contributed by atoms with van der Waals surface area (Å²) in [5, 5.41) is 7.30. The highest BCUT2D eigenvalue weighted by Crippen LogP contribution is 2.37. The summed E-state index contributed by atoms with van der Waals surface area (Å²) in [6, 6.07) is 26.1. The number of nitrogens with one attached hydrogen (secondary N) is 2. The Hall–Kier alpha value is -3.88. The Labute approximate surface area is 240 Å². The van der Waals surface area contributed by atoms with Gasteiger partial charge in [-0.2, -0.15) is 0 Å². The number of aryl methyl sites for hydroxylation is 2. The first-order valence-corrected chi connectivity index (χ1v) is 14.1. The number of anilines is 2. The van der Waals surface area contributed by atoms with Crippen LogP contribution in [0.25, 0.3) is 20.8 Å². The fourth-order valence-corrected chi connectivity index (χ4v) is 5.75. The maximum Gasteiger partial charge on any atom is 0.262 e. The van der Waals surface area contributed by atoms with Gasteiger partial charge in [-0.15, -0.1) is 11.3 Å². The van der Waals surface area contributed by atoms with E-state index in [0.717, 1.165) is 38.6 Å². The van der Waals surface area contributed by atoms with Crippen molar-refractivity contribution in [3.63, 3.8) is 0 Å². The summed E-state index contributed by atoms with van der Waals surface area (Å²) < 4.78 is 13.3. The second-order valence-corrected chi connectivity index (χ2v) is 11.1. The van der Waals surface area contributed by atoms with Crippen molar-refractivity contribution in [3.05, 3.63) is 100 Å². The molecule has 8 heteroatoms. The Balaban J connectivity index is 1.20. The molecule has 0 bridgehead atoms. The highest BCUT2D eigenvalue weighted by molar-refractivity contribution is 9.10. The van der Waals surface area contributed by atoms with Crippen LogP contribution in [-0.4, -0.2) is 24.6 Å². The van der Waals surface area contributed by atoms with Crippen molar-refractivity contribution in [1.29, 1.82) is 0 Å². The van der Waals surface area contributed by atoms with E-state index in [4.69, 9.17) is 14.5 Å². The van der Waals surface area contributed by atoms with Crippen molar-refractivity contribution < 1.29 is 14.3 Å². The zero-order chi connectivity index (χ0) is 27.4. The summed E-state index contributed by atoms with van der Waals surface area (Å²) in [4.78, 5) is 17.2. The molecule has 1 amide bonds. The quantitative estimate of drug-likeness (QED) is 0.179. The minimum absolute atomic E-state index is 0.138. The predicted octanol–water partition coefficient (Wildman–Crippen LogP) is 7.98. The van der Waals surface area contributed by atoms with Crippen molar-refractivity contribution in [2.45, 2.75) is 20.4 Å². The molecule has 1 heterocycles. The summed E-state index contributed by atoms with van der Waals surface area (Å²) in [6.45, 7) is 4.55. The van der Waals surface area contributed by atoms with E-state index in [9.17, 15) is 4.79 Å². The number of nitrogens with zero attached hydrogens (tertiary/aromatic N) is 1. The maximum atomic E-state index is 12.4. The zero-order valence-electron chi connectivity index (χ0n) is 21.9. The lowest BCUT2D eigenvalue weighted by molar-refractivity contribution is -0.118. The van der Waals surface area contributed by atoms with Crippen LogP contribution in [0.4, 0.5) is 11.4 Å². The van der Waals surface area contributed by atoms with Crippen LogP contribution in [-0.2, 0) is 11.3 Å². The molecule has 39 heavy (non-hydrogen) atoms. The molecule has 0 saturated carbocycles. The van der Waals surface area contributed by atoms with Crippen molar-refractivity contribution in [1.82, 2.24) is 4.98 Å². The van der Waals surface area contributed by atoms with Crippen LogP contribution >= 0.6 is 27.3 Å². The Kier molecular flexibility index (Phi) is 8.14. The van der Waals surface area contributed by atoms with E-state index in [2.05, 4.69) is 76.0 Å². The van der Waals surface area contributed by atoms with Crippen molar-refractivity contribution in [2.24, 2.45) is 0 Å². The Morgan fingerprint density at radius 3 is 2.38 bits per heavy atom. The largest absolute Gasteiger partial charge is 0.493 e. The first-order valence-electron chi connectivity index (χ1n) is 12.4. The van der Waals surface area contributed by atoms with Gasteiger partial charge in [0.2, 0.25) is 0 Å². The number of benzene rings is 4. The highest BCUT2D eigenvalue weighted by Gasteiger charge is 2.14. The van der Waals surface area contributed by atoms with Gasteiger partial charge in [0.1, 0.15) is 5.01 Å². The van der Waals surface area contributed by atoms with E-state index in [1.807, 2.05) is 43.3 Å². The monoisotopic (exact) mass is 601 g/mol. The normalized spacial score (nSPS) is 10.9. The molecule has 0 fully saturated rings. The van der Waals surface area contributed by atoms with Gasteiger partial charge in [0.15, 0.2) is 18.1 Å². The van der Waals surface area contributed by atoms with E-state index in [1.54, 1.807) is 18.4 Å². The first kappa shape index (κ1) is 26.7. The summed E-state index contributed by atoms with van der Waals surface area (Å²) >= 11 is 5.28. The molecule has 0 atom stereocenters. The predicted molar refractivity (Wildman–Crippen MR) is 163 cm³/mol. The maximum absolute atomic E-state index is 12.4. The molecule has 0 unspecified atom stereocenters. The number of fused-ring (bicyclic) bond motifs is 1. The molecule has 0 saturated heterocycles.